The second-order valence-corrected chi connectivity index (χ2v) is 7.66. The third-order valence-corrected chi connectivity index (χ3v) is 5.36. The fourth-order valence-corrected chi connectivity index (χ4v) is 3.98. The van der Waals surface area contributed by atoms with E-state index in [9.17, 15) is 14.0 Å². The number of thiazole rings is 1. The number of hydrogen-bond donors (Lipinski definition) is 2. The van der Waals surface area contributed by atoms with Crippen LogP contribution in [-0.2, 0) is 9.59 Å². The van der Waals surface area contributed by atoms with Gasteiger partial charge in [-0.3, -0.25) is 14.0 Å². The molecule has 2 heterocycles. The molecule has 2 aromatic carbocycles. The molecule has 0 aliphatic carbocycles. The number of aromatic nitrogens is 2. The summed E-state index contributed by atoms with van der Waals surface area (Å²) in [6, 6.07) is 14.9. The molecule has 0 radical (unpaired) electrons. The van der Waals surface area contributed by atoms with Gasteiger partial charge in [0.05, 0.1) is 12.5 Å². The predicted octanol–water partition coefficient (Wildman–Crippen LogP) is 4.41. The minimum absolute atomic E-state index is 0.0593. The number of benzene rings is 2. The van der Waals surface area contributed by atoms with E-state index >= 15 is 0 Å². The minimum Gasteiger partial charge on any atom is -0.349 e. The first-order chi connectivity index (χ1) is 14.5. The van der Waals surface area contributed by atoms with Crippen LogP contribution in [0.2, 0.25) is 0 Å². The Balaban J connectivity index is 1.62. The molecule has 30 heavy (non-hydrogen) atoms. The highest BCUT2D eigenvalue weighted by Gasteiger charge is 2.21. The maximum absolute atomic E-state index is 13.3. The highest BCUT2D eigenvalue weighted by atomic mass is 32.1. The van der Waals surface area contributed by atoms with Crippen LogP contribution in [0.1, 0.15) is 24.9 Å². The quantitative estimate of drug-likeness (QED) is 0.483. The molecule has 0 bridgehead atoms. The SMILES string of the molecule is CC(=O)NC(CC(=O)Nc1c(-c2ccc(F)cc2)nc2sccn12)c1ccccc1. The number of hydrogen-bond acceptors (Lipinski definition) is 4. The van der Waals surface area contributed by atoms with Crippen LogP contribution in [0.5, 0.6) is 0 Å². The molecule has 2 amide bonds. The third kappa shape index (κ3) is 4.23. The van der Waals surface area contributed by atoms with E-state index in [1.54, 1.807) is 16.5 Å². The molecule has 0 aliphatic rings. The molecule has 152 valence electrons. The molecule has 8 heteroatoms. The van der Waals surface area contributed by atoms with E-state index in [-0.39, 0.29) is 24.1 Å². The lowest BCUT2D eigenvalue weighted by atomic mass is 10.0. The van der Waals surface area contributed by atoms with Crippen molar-refractivity contribution in [3.8, 4) is 11.3 Å². The number of amides is 2. The van der Waals surface area contributed by atoms with Crippen molar-refractivity contribution in [1.82, 2.24) is 14.7 Å². The second-order valence-electron chi connectivity index (χ2n) is 6.79. The molecule has 0 saturated heterocycles. The monoisotopic (exact) mass is 422 g/mol. The number of anilines is 1. The smallest absolute Gasteiger partial charge is 0.227 e. The van der Waals surface area contributed by atoms with E-state index in [0.29, 0.717) is 22.0 Å². The first-order valence-electron chi connectivity index (χ1n) is 9.34. The number of halogens is 1. The second kappa shape index (κ2) is 8.46. The van der Waals surface area contributed by atoms with Gasteiger partial charge in [-0.25, -0.2) is 9.37 Å². The lowest BCUT2D eigenvalue weighted by Gasteiger charge is -2.18. The van der Waals surface area contributed by atoms with Crippen molar-refractivity contribution in [3.63, 3.8) is 0 Å². The predicted molar refractivity (Wildman–Crippen MR) is 115 cm³/mol. The maximum Gasteiger partial charge on any atom is 0.227 e. The Kier molecular flexibility index (Phi) is 5.58. The van der Waals surface area contributed by atoms with E-state index in [0.717, 1.165) is 5.56 Å². The molecule has 1 atom stereocenters. The van der Waals surface area contributed by atoms with E-state index in [1.165, 1.54) is 30.4 Å². The highest BCUT2D eigenvalue weighted by Crippen LogP contribution is 2.31. The van der Waals surface area contributed by atoms with Gasteiger partial charge in [-0.05, 0) is 29.8 Å². The van der Waals surface area contributed by atoms with Crippen LogP contribution in [-0.4, -0.2) is 21.2 Å². The van der Waals surface area contributed by atoms with E-state index in [1.807, 2.05) is 41.9 Å². The van der Waals surface area contributed by atoms with Gasteiger partial charge >= 0.3 is 0 Å². The number of nitrogens with zero attached hydrogens (tertiary/aromatic N) is 2. The third-order valence-electron chi connectivity index (χ3n) is 4.61. The van der Waals surface area contributed by atoms with Crippen molar-refractivity contribution in [2.24, 2.45) is 0 Å². The molecule has 1 unspecified atom stereocenters. The topological polar surface area (TPSA) is 75.5 Å². The van der Waals surface area contributed by atoms with Gasteiger partial charge in [0.1, 0.15) is 17.3 Å². The average Bonchev–Trinajstić information content (AvgIpc) is 3.31. The number of fused-ring (bicyclic) bond motifs is 1. The standard InChI is InChI=1S/C22H19FN4O2S/c1-14(28)24-18(15-5-3-2-4-6-15)13-19(29)25-21-20(16-7-9-17(23)10-8-16)26-22-27(21)11-12-30-22/h2-12,18H,13H2,1H3,(H,24,28)(H,25,29). The number of rotatable bonds is 6. The van der Waals surface area contributed by atoms with Crippen molar-refractivity contribution in [2.45, 2.75) is 19.4 Å². The molecule has 4 aromatic rings. The Labute approximate surface area is 176 Å². The molecule has 0 saturated carbocycles. The fourth-order valence-electron chi connectivity index (χ4n) is 3.27. The minimum atomic E-state index is -0.455. The summed E-state index contributed by atoms with van der Waals surface area (Å²) in [5.41, 5.74) is 2.10. The molecule has 0 fully saturated rings. The lowest BCUT2D eigenvalue weighted by Crippen LogP contribution is -2.30. The Bertz CT molecular complexity index is 1190. The molecule has 2 N–H and O–H groups in total. The molecule has 0 aliphatic heterocycles. The molecule has 0 spiro atoms. The highest BCUT2D eigenvalue weighted by molar-refractivity contribution is 7.15. The van der Waals surface area contributed by atoms with E-state index < -0.39 is 6.04 Å². The van der Waals surface area contributed by atoms with E-state index in [4.69, 9.17) is 0 Å². The molecule has 2 aromatic heterocycles. The molecule has 6 nitrogen and oxygen atoms in total. The van der Waals surface area contributed by atoms with Crippen LogP contribution in [0.25, 0.3) is 16.2 Å². The van der Waals surface area contributed by atoms with Crippen LogP contribution in [0.3, 0.4) is 0 Å². The van der Waals surface area contributed by atoms with Crippen LogP contribution >= 0.6 is 11.3 Å². The van der Waals surface area contributed by atoms with Gasteiger partial charge in [0.2, 0.25) is 11.8 Å². The summed E-state index contributed by atoms with van der Waals surface area (Å²) in [6.45, 7) is 1.42. The zero-order valence-corrected chi connectivity index (χ0v) is 16.9. The summed E-state index contributed by atoms with van der Waals surface area (Å²) in [5.74, 6) is -0.314. The zero-order valence-electron chi connectivity index (χ0n) is 16.1. The van der Waals surface area contributed by atoms with E-state index in [2.05, 4.69) is 15.6 Å². The van der Waals surface area contributed by atoms with Gasteiger partial charge < -0.3 is 10.6 Å². The zero-order chi connectivity index (χ0) is 21.1. The summed E-state index contributed by atoms with van der Waals surface area (Å²) < 4.78 is 15.1. The normalized spacial score (nSPS) is 11.9. The first-order valence-corrected chi connectivity index (χ1v) is 10.2. The van der Waals surface area contributed by atoms with Gasteiger partial charge in [0.15, 0.2) is 4.96 Å². The van der Waals surface area contributed by atoms with Gasteiger partial charge in [-0.1, -0.05) is 30.3 Å². The van der Waals surface area contributed by atoms with Crippen LogP contribution in [0, 0.1) is 5.82 Å². The van der Waals surface area contributed by atoms with Crippen molar-refractivity contribution >= 4 is 33.9 Å². The van der Waals surface area contributed by atoms with Gasteiger partial charge in [0, 0.05) is 24.1 Å². The Morgan fingerprint density at radius 3 is 2.57 bits per heavy atom. The van der Waals surface area contributed by atoms with Crippen LogP contribution < -0.4 is 10.6 Å². The van der Waals surface area contributed by atoms with Crippen molar-refractivity contribution in [3.05, 3.63) is 77.6 Å². The van der Waals surface area contributed by atoms with Crippen molar-refractivity contribution in [1.29, 1.82) is 0 Å². The lowest BCUT2D eigenvalue weighted by molar-refractivity contribution is -0.120. The average molecular weight is 422 g/mol. The number of imidazole rings is 1. The summed E-state index contributed by atoms with van der Waals surface area (Å²) in [4.78, 5) is 29.9. The van der Waals surface area contributed by atoms with Crippen molar-refractivity contribution < 1.29 is 14.0 Å². The summed E-state index contributed by atoms with van der Waals surface area (Å²) >= 11 is 1.44. The fraction of sp³-hybridized carbons (Fsp3) is 0.136. The molecular formula is C22H19FN4O2S. The number of carbonyl (C=O) groups excluding carboxylic acids is 2. The number of nitrogens with one attached hydrogen (secondary N) is 2. The molecular weight excluding hydrogens is 403 g/mol. The Morgan fingerprint density at radius 2 is 1.87 bits per heavy atom. The first kappa shape index (κ1) is 19.8. The largest absolute Gasteiger partial charge is 0.349 e. The summed E-state index contributed by atoms with van der Waals surface area (Å²) in [6.07, 6.45) is 1.88. The van der Waals surface area contributed by atoms with Gasteiger partial charge in [-0.15, -0.1) is 11.3 Å². The van der Waals surface area contributed by atoms with Crippen LogP contribution in [0.15, 0.2) is 66.2 Å². The van der Waals surface area contributed by atoms with Crippen molar-refractivity contribution in [2.75, 3.05) is 5.32 Å². The summed E-state index contributed by atoms with van der Waals surface area (Å²) in [5, 5.41) is 7.63. The van der Waals surface area contributed by atoms with Crippen LogP contribution in [0.4, 0.5) is 10.2 Å². The Morgan fingerprint density at radius 1 is 1.13 bits per heavy atom. The maximum atomic E-state index is 13.3. The molecule has 4 rings (SSSR count). The van der Waals surface area contributed by atoms with Gasteiger partial charge in [0.25, 0.3) is 0 Å². The Hall–Kier alpha value is -3.52. The summed E-state index contributed by atoms with van der Waals surface area (Å²) in [7, 11) is 0. The number of carbonyl (C=O) groups is 2. The van der Waals surface area contributed by atoms with Gasteiger partial charge in [-0.2, -0.15) is 0 Å².